The molecule has 2 aromatic rings. The number of carbonyl (C=O) groups excluding carboxylic acids is 1. The van der Waals surface area contributed by atoms with Crippen molar-refractivity contribution in [2.24, 2.45) is 5.73 Å². The first kappa shape index (κ1) is 14.2. The Hall–Kier alpha value is -2.25. The molecule has 0 bridgehead atoms. The van der Waals surface area contributed by atoms with Crippen molar-refractivity contribution < 1.29 is 9.53 Å². The van der Waals surface area contributed by atoms with Gasteiger partial charge in [0.2, 0.25) is 5.91 Å². The third-order valence-electron chi connectivity index (χ3n) is 2.69. The number of anilines is 1. The molecule has 0 fully saturated rings. The number of ether oxygens (including phenoxy) is 1. The minimum atomic E-state index is -0.682. The van der Waals surface area contributed by atoms with E-state index in [1.54, 1.807) is 11.0 Å². The van der Waals surface area contributed by atoms with Gasteiger partial charge in [-0.2, -0.15) is 5.10 Å². The normalized spacial score (nSPS) is 12.1. The van der Waals surface area contributed by atoms with E-state index in [0.29, 0.717) is 12.2 Å². The lowest BCUT2D eigenvalue weighted by molar-refractivity contribution is -0.118. The van der Waals surface area contributed by atoms with Gasteiger partial charge in [-0.05, 0) is 17.7 Å². The van der Waals surface area contributed by atoms with E-state index in [1.807, 2.05) is 24.3 Å². The highest BCUT2D eigenvalue weighted by Gasteiger charge is 2.13. The van der Waals surface area contributed by atoms with E-state index in [0.717, 1.165) is 5.56 Å². The third-order valence-corrected chi connectivity index (χ3v) is 2.69. The first-order valence-corrected chi connectivity index (χ1v) is 6.16. The first-order chi connectivity index (χ1) is 9.69. The molecule has 1 atom stereocenters. The highest BCUT2D eigenvalue weighted by Crippen LogP contribution is 2.11. The maximum absolute atomic E-state index is 11.8. The number of amides is 1. The number of aromatic nitrogens is 3. The van der Waals surface area contributed by atoms with Crippen LogP contribution in [0.4, 0.5) is 5.69 Å². The Bertz CT molecular complexity index is 556. The van der Waals surface area contributed by atoms with Gasteiger partial charge in [0, 0.05) is 12.8 Å². The molecule has 0 radical (unpaired) electrons. The van der Waals surface area contributed by atoms with Gasteiger partial charge in [0.05, 0.1) is 13.2 Å². The molecule has 0 saturated carbocycles. The molecule has 20 heavy (non-hydrogen) atoms. The minimum Gasteiger partial charge on any atom is -0.383 e. The van der Waals surface area contributed by atoms with Crippen LogP contribution in [0.1, 0.15) is 5.56 Å². The molecule has 1 amide bonds. The van der Waals surface area contributed by atoms with Gasteiger partial charge in [0.1, 0.15) is 18.7 Å². The maximum atomic E-state index is 11.8. The summed E-state index contributed by atoms with van der Waals surface area (Å²) in [6.07, 6.45) is 3.12. The predicted molar refractivity (Wildman–Crippen MR) is 74.0 cm³/mol. The SMILES string of the molecule is COCC(N)C(=O)Nc1cccc(Cn2cncn2)c1. The Morgan fingerprint density at radius 3 is 3.10 bits per heavy atom. The fraction of sp³-hybridized carbons (Fsp3) is 0.308. The first-order valence-electron chi connectivity index (χ1n) is 6.16. The van der Waals surface area contributed by atoms with E-state index in [1.165, 1.54) is 13.4 Å². The summed E-state index contributed by atoms with van der Waals surface area (Å²) in [5.41, 5.74) is 7.37. The Labute approximate surface area is 116 Å². The summed E-state index contributed by atoms with van der Waals surface area (Å²) in [5, 5.41) is 6.79. The summed E-state index contributed by atoms with van der Waals surface area (Å²) in [7, 11) is 1.51. The smallest absolute Gasteiger partial charge is 0.243 e. The van der Waals surface area contributed by atoms with Crippen LogP contribution in [0.2, 0.25) is 0 Å². The van der Waals surface area contributed by atoms with E-state index in [4.69, 9.17) is 10.5 Å². The highest BCUT2D eigenvalue weighted by atomic mass is 16.5. The lowest BCUT2D eigenvalue weighted by Gasteiger charge is -2.12. The van der Waals surface area contributed by atoms with E-state index >= 15 is 0 Å². The van der Waals surface area contributed by atoms with Gasteiger partial charge >= 0.3 is 0 Å². The Balaban J connectivity index is 2.00. The van der Waals surface area contributed by atoms with Crippen LogP contribution in [0.5, 0.6) is 0 Å². The van der Waals surface area contributed by atoms with E-state index < -0.39 is 6.04 Å². The van der Waals surface area contributed by atoms with E-state index in [-0.39, 0.29) is 12.5 Å². The zero-order valence-electron chi connectivity index (χ0n) is 11.2. The average Bonchev–Trinajstić information content (AvgIpc) is 2.92. The summed E-state index contributed by atoms with van der Waals surface area (Å²) in [6.45, 7) is 0.776. The van der Waals surface area contributed by atoms with Crippen LogP contribution in [-0.2, 0) is 16.1 Å². The van der Waals surface area contributed by atoms with Gasteiger partial charge in [0.25, 0.3) is 0 Å². The topological polar surface area (TPSA) is 95.1 Å². The average molecular weight is 275 g/mol. The zero-order valence-corrected chi connectivity index (χ0v) is 11.2. The van der Waals surface area contributed by atoms with Crippen molar-refractivity contribution in [3.05, 3.63) is 42.5 Å². The molecule has 1 unspecified atom stereocenters. The van der Waals surface area contributed by atoms with Gasteiger partial charge in [-0.1, -0.05) is 12.1 Å². The predicted octanol–water partition coefficient (Wildman–Crippen LogP) is 0.239. The summed E-state index contributed by atoms with van der Waals surface area (Å²) >= 11 is 0. The molecule has 0 aliphatic carbocycles. The second kappa shape index (κ2) is 6.78. The van der Waals surface area contributed by atoms with Crippen molar-refractivity contribution in [3.8, 4) is 0 Å². The molecule has 1 heterocycles. The lowest BCUT2D eigenvalue weighted by atomic mass is 10.2. The molecular formula is C13H17N5O2. The number of hydrogen-bond donors (Lipinski definition) is 2. The van der Waals surface area contributed by atoms with Crippen LogP contribution < -0.4 is 11.1 Å². The quantitative estimate of drug-likeness (QED) is 0.787. The molecule has 106 valence electrons. The second-order valence-corrected chi connectivity index (χ2v) is 4.34. The van der Waals surface area contributed by atoms with Crippen molar-refractivity contribution >= 4 is 11.6 Å². The van der Waals surface area contributed by atoms with Crippen LogP contribution in [0.15, 0.2) is 36.9 Å². The summed E-state index contributed by atoms with van der Waals surface area (Å²) < 4.78 is 6.56. The lowest BCUT2D eigenvalue weighted by Crippen LogP contribution is -2.39. The molecule has 1 aromatic carbocycles. The molecule has 0 aliphatic rings. The monoisotopic (exact) mass is 275 g/mol. The Morgan fingerprint density at radius 1 is 1.55 bits per heavy atom. The number of nitrogens with zero attached hydrogens (tertiary/aromatic N) is 3. The van der Waals surface area contributed by atoms with Crippen LogP contribution in [0.25, 0.3) is 0 Å². The molecule has 0 aliphatic heterocycles. The van der Waals surface area contributed by atoms with Crippen LogP contribution in [-0.4, -0.2) is 40.4 Å². The fourth-order valence-corrected chi connectivity index (χ4v) is 1.74. The highest BCUT2D eigenvalue weighted by molar-refractivity contribution is 5.94. The Kier molecular flexibility index (Phi) is 4.80. The zero-order chi connectivity index (χ0) is 14.4. The summed E-state index contributed by atoms with van der Waals surface area (Å²) in [6, 6.07) is 6.82. The van der Waals surface area contributed by atoms with E-state index in [9.17, 15) is 4.79 Å². The van der Waals surface area contributed by atoms with Crippen molar-refractivity contribution in [2.75, 3.05) is 19.0 Å². The number of rotatable bonds is 6. The van der Waals surface area contributed by atoms with Crippen molar-refractivity contribution in [1.82, 2.24) is 14.8 Å². The van der Waals surface area contributed by atoms with Crippen molar-refractivity contribution in [2.45, 2.75) is 12.6 Å². The molecular weight excluding hydrogens is 258 g/mol. The molecule has 7 nitrogen and oxygen atoms in total. The molecule has 0 saturated heterocycles. The van der Waals surface area contributed by atoms with Crippen LogP contribution in [0.3, 0.4) is 0 Å². The molecule has 7 heteroatoms. The molecule has 0 spiro atoms. The van der Waals surface area contributed by atoms with Gasteiger partial charge in [0.15, 0.2) is 0 Å². The molecule has 1 aromatic heterocycles. The Morgan fingerprint density at radius 2 is 2.40 bits per heavy atom. The molecule has 3 N–H and O–H groups in total. The van der Waals surface area contributed by atoms with Crippen molar-refractivity contribution in [3.63, 3.8) is 0 Å². The summed E-state index contributed by atoms with van der Waals surface area (Å²) in [4.78, 5) is 15.7. The largest absolute Gasteiger partial charge is 0.383 e. The number of carbonyl (C=O) groups is 1. The third kappa shape index (κ3) is 3.87. The number of methoxy groups -OCH3 is 1. The minimum absolute atomic E-state index is 0.185. The number of benzene rings is 1. The van der Waals surface area contributed by atoms with Gasteiger partial charge < -0.3 is 15.8 Å². The van der Waals surface area contributed by atoms with Gasteiger partial charge in [-0.25, -0.2) is 9.67 Å². The van der Waals surface area contributed by atoms with E-state index in [2.05, 4.69) is 15.4 Å². The van der Waals surface area contributed by atoms with Gasteiger partial charge in [-0.15, -0.1) is 0 Å². The standard InChI is InChI=1S/C13H17N5O2/c1-20-7-12(14)13(19)17-11-4-2-3-10(5-11)6-18-9-15-8-16-18/h2-5,8-9,12H,6-7,14H2,1H3,(H,17,19). The summed E-state index contributed by atoms with van der Waals surface area (Å²) in [5.74, 6) is -0.273. The number of hydrogen-bond acceptors (Lipinski definition) is 5. The van der Waals surface area contributed by atoms with Crippen molar-refractivity contribution in [1.29, 1.82) is 0 Å². The van der Waals surface area contributed by atoms with Crippen LogP contribution in [0, 0.1) is 0 Å². The maximum Gasteiger partial charge on any atom is 0.243 e. The molecule has 2 rings (SSSR count). The fourth-order valence-electron chi connectivity index (χ4n) is 1.74. The number of nitrogens with two attached hydrogens (primary N) is 1. The second-order valence-electron chi connectivity index (χ2n) is 4.34. The number of nitrogens with one attached hydrogen (secondary N) is 1. The van der Waals surface area contributed by atoms with Gasteiger partial charge in [-0.3, -0.25) is 4.79 Å². The van der Waals surface area contributed by atoms with Crippen LogP contribution >= 0.6 is 0 Å².